The molecule has 0 aromatic heterocycles. The summed E-state index contributed by atoms with van der Waals surface area (Å²) in [6.07, 6.45) is 12.8. The predicted molar refractivity (Wildman–Crippen MR) is 199 cm³/mol. The van der Waals surface area contributed by atoms with E-state index in [2.05, 4.69) is 149 Å². The summed E-state index contributed by atoms with van der Waals surface area (Å²) in [5.41, 5.74) is 9.75. The summed E-state index contributed by atoms with van der Waals surface area (Å²) in [4.78, 5) is 2.43. The van der Waals surface area contributed by atoms with Gasteiger partial charge in [-0.25, -0.2) is 0 Å². The Bertz CT molecular complexity index is 1920. The van der Waals surface area contributed by atoms with Crippen molar-refractivity contribution in [1.29, 1.82) is 0 Å². The maximum atomic E-state index is 11.4. The molecule has 0 amide bonds. The van der Waals surface area contributed by atoms with Gasteiger partial charge in [0.15, 0.2) is 5.71 Å². The van der Waals surface area contributed by atoms with E-state index in [1.165, 1.54) is 50.1 Å². The van der Waals surface area contributed by atoms with Crippen LogP contribution in [-0.2, 0) is 27.4 Å². The Morgan fingerprint density at radius 2 is 1.72 bits per heavy atom. The highest BCUT2D eigenvalue weighted by atomic mass is 32.2. The van der Waals surface area contributed by atoms with E-state index >= 15 is 0 Å². The monoisotopic (exact) mass is 651 g/mol. The van der Waals surface area contributed by atoms with Crippen molar-refractivity contribution in [3.05, 3.63) is 120 Å². The number of hydrogen-bond donors (Lipinski definition) is 1. The van der Waals surface area contributed by atoms with Gasteiger partial charge in [0.1, 0.15) is 6.54 Å². The lowest BCUT2D eigenvalue weighted by Crippen LogP contribution is -2.28. The summed E-state index contributed by atoms with van der Waals surface area (Å²) >= 11 is 0. The molecule has 0 unspecified atom stereocenters. The first-order valence-electron chi connectivity index (χ1n) is 16.9. The summed E-state index contributed by atoms with van der Waals surface area (Å²) in [6.45, 7) is 21.7. The minimum atomic E-state index is -3.98. The van der Waals surface area contributed by atoms with E-state index in [4.69, 9.17) is 0 Å². The number of nitrogens with zero attached hydrogens (tertiary/aromatic N) is 2. The molecule has 3 aromatic carbocycles. The van der Waals surface area contributed by atoms with Crippen LogP contribution in [0.5, 0.6) is 0 Å². The van der Waals surface area contributed by atoms with Crippen molar-refractivity contribution in [2.75, 3.05) is 23.7 Å². The maximum Gasteiger partial charge on any atom is 0.264 e. The summed E-state index contributed by atoms with van der Waals surface area (Å²) < 4.78 is 34.3. The number of likely N-dealkylation sites (N-methyl/N-ethyl adjacent to an activating group) is 1. The molecule has 248 valence electrons. The zero-order chi connectivity index (χ0) is 34.1. The Labute approximate surface area is 282 Å². The zero-order valence-electron chi connectivity index (χ0n) is 29.2. The van der Waals surface area contributed by atoms with Gasteiger partial charge < -0.3 is 4.90 Å². The first kappa shape index (κ1) is 34.6. The topological polar surface area (TPSA) is 60.6 Å². The number of anilines is 1. The highest BCUT2D eigenvalue weighted by Gasteiger charge is 2.45. The smallest absolute Gasteiger partial charge is 0.264 e. The van der Waals surface area contributed by atoms with Gasteiger partial charge in [0.2, 0.25) is 5.69 Å². The molecule has 0 atom stereocenters. The van der Waals surface area contributed by atoms with Gasteiger partial charge in [-0.15, -0.1) is 0 Å². The lowest BCUT2D eigenvalue weighted by Gasteiger charge is -2.25. The Kier molecular flexibility index (Phi) is 9.87. The quantitative estimate of drug-likeness (QED) is 0.0697. The molecule has 5 rings (SSSR count). The van der Waals surface area contributed by atoms with Crippen LogP contribution < -0.4 is 4.90 Å². The predicted octanol–water partition coefficient (Wildman–Crippen LogP) is 9.45. The number of fused-ring (bicyclic) bond motifs is 4. The molecule has 0 spiro atoms. The molecule has 0 radical (unpaired) electrons. The molecule has 47 heavy (non-hydrogen) atoms. The Hall–Kier alpha value is -3.74. The summed E-state index contributed by atoms with van der Waals surface area (Å²) in [5, 5.41) is 2.45. The lowest BCUT2D eigenvalue weighted by atomic mass is 9.79. The fourth-order valence-electron chi connectivity index (χ4n) is 7.33. The molecule has 0 fully saturated rings. The minimum Gasteiger partial charge on any atom is -0.344 e. The third-order valence-corrected chi connectivity index (χ3v) is 10.8. The summed E-state index contributed by atoms with van der Waals surface area (Å²) in [5.74, 6) is 0.247. The van der Waals surface area contributed by atoms with Crippen molar-refractivity contribution in [2.24, 2.45) is 5.92 Å². The van der Waals surface area contributed by atoms with Crippen LogP contribution in [-0.4, -0.2) is 42.1 Å². The number of hydrogen-bond acceptors (Lipinski definition) is 3. The molecule has 0 saturated heterocycles. The van der Waals surface area contributed by atoms with Gasteiger partial charge in [-0.3, -0.25) is 4.55 Å². The van der Waals surface area contributed by atoms with Gasteiger partial charge in [-0.1, -0.05) is 94.5 Å². The molecular weight excluding hydrogens is 601 g/mol. The van der Waals surface area contributed by atoms with E-state index in [1.807, 2.05) is 0 Å². The number of allylic oxidation sites excluding steroid dienone is 7. The van der Waals surface area contributed by atoms with Gasteiger partial charge in [0.05, 0.1) is 11.2 Å². The molecule has 1 N–H and O–H groups in total. The fourth-order valence-corrected chi connectivity index (χ4v) is 7.90. The van der Waals surface area contributed by atoms with Crippen molar-refractivity contribution < 1.29 is 17.5 Å². The summed E-state index contributed by atoms with van der Waals surface area (Å²) in [7, 11) is -3.98. The molecule has 2 heterocycles. The van der Waals surface area contributed by atoms with Crippen LogP contribution in [0.25, 0.3) is 10.8 Å². The van der Waals surface area contributed by atoms with Crippen molar-refractivity contribution in [2.45, 2.75) is 78.6 Å². The van der Waals surface area contributed by atoms with Crippen molar-refractivity contribution >= 4 is 38.0 Å². The van der Waals surface area contributed by atoms with E-state index in [0.29, 0.717) is 25.3 Å². The molecule has 0 saturated carbocycles. The number of unbranched alkanes of at least 4 members (excludes halogenated alkanes) is 1. The standard InChI is InChI=1S/C41H50N2O3S/c1-9-42-35-23-21-31(27-30(4)29(2)3)28-34(35)40(5,6)37(42)19-11-10-12-20-38-41(7,8)39-33-18-14-13-17-32(33)22-24-36(39)43(38)25-15-16-26-47(44,45)46/h10-14,17-24,28-29H,4,9,15-16,25-27H2,1-3,5-8H3/p+1. The van der Waals surface area contributed by atoms with Gasteiger partial charge in [0, 0.05) is 47.5 Å². The molecule has 6 heteroatoms. The van der Waals surface area contributed by atoms with E-state index < -0.39 is 10.1 Å². The molecule has 2 aliphatic rings. The normalized spacial score (nSPS) is 18.0. The highest BCUT2D eigenvalue weighted by molar-refractivity contribution is 7.85. The van der Waals surface area contributed by atoms with E-state index in [1.54, 1.807) is 0 Å². The van der Waals surface area contributed by atoms with Crippen molar-refractivity contribution in [3.8, 4) is 0 Å². The summed E-state index contributed by atoms with van der Waals surface area (Å²) in [6, 6.07) is 19.8. The van der Waals surface area contributed by atoms with Gasteiger partial charge in [-0.05, 0) is 79.6 Å². The Balaban J connectivity index is 1.44. The maximum absolute atomic E-state index is 11.4. The number of benzene rings is 3. The van der Waals surface area contributed by atoms with E-state index in [9.17, 15) is 13.0 Å². The molecule has 0 aliphatic carbocycles. The van der Waals surface area contributed by atoms with Crippen LogP contribution in [0.3, 0.4) is 0 Å². The second-order valence-electron chi connectivity index (χ2n) is 14.3. The van der Waals surface area contributed by atoms with Crippen LogP contribution >= 0.6 is 0 Å². The van der Waals surface area contributed by atoms with Crippen LogP contribution in [0.1, 0.15) is 78.0 Å². The molecule has 2 aliphatic heterocycles. The van der Waals surface area contributed by atoms with Crippen LogP contribution in [0.15, 0.2) is 103 Å². The third kappa shape index (κ3) is 6.95. The third-order valence-electron chi connectivity index (χ3n) is 10.0. The molecule has 0 bridgehead atoms. The second-order valence-corrected chi connectivity index (χ2v) is 15.9. The van der Waals surface area contributed by atoms with Crippen LogP contribution in [0.4, 0.5) is 11.4 Å². The van der Waals surface area contributed by atoms with Crippen LogP contribution in [0.2, 0.25) is 0 Å². The largest absolute Gasteiger partial charge is 0.344 e. The van der Waals surface area contributed by atoms with Gasteiger partial charge >= 0.3 is 0 Å². The van der Waals surface area contributed by atoms with Crippen molar-refractivity contribution in [1.82, 2.24) is 0 Å². The Morgan fingerprint density at radius 3 is 2.43 bits per heavy atom. The SMILES string of the molecule is C=C(Cc1ccc2c(c1)C(C)(C)\C(=C/C=C/C=C/C1=[N+](CCCCS(=O)(=O)O)c3ccc4ccccc4c3C1(C)C)N2CC)C(C)C. The lowest BCUT2D eigenvalue weighted by molar-refractivity contribution is -0.438. The average Bonchev–Trinajstić information content (AvgIpc) is 3.36. The molecule has 3 aromatic rings. The second kappa shape index (κ2) is 13.4. The van der Waals surface area contributed by atoms with Crippen molar-refractivity contribution in [3.63, 3.8) is 0 Å². The minimum absolute atomic E-state index is 0.127. The first-order chi connectivity index (χ1) is 22.2. The number of rotatable bonds is 12. The fraction of sp³-hybridized carbons (Fsp3) is 0.390. The molecular formula is C41H51N2O3S+. The van der Waals surface area contributed by atoms with E-state index in [0.717, 1.165) is 18.7 Å². The van der Waals surface area contributed by atoms with Crippen LogP contribution in [0, 0.1) is 5.92 Å². The highest BCUT2D eigenvalue weighted by Crippen LogP contribution is 2.48. The van der Waals surface area contributed by atoms with E-state index in [-0.39, 0.29) is 16.6 Å². The van der Waals surface area contributed by atoms with Gasteiger partial charge in [0.25, 0.3) is 10.1 Å². The molecule has 5 nitrogen and oxygen atoms in total. The van der Waals surface area contributed by atoms with Gasteiger partial charge in [-0.2, -0.15) is 13.0 Å². The zero-order valence-corrected chi connectivity index (χ0v) is 30.0. The Morgan fingerprint density at radius 1 is 0.979 bits per heavy atom. The average molecular weight is 652 g/mol. The first-order valence-corrected chi connectivity index (χ1v) is 18.5.